The molecule has 6 nitrogen and oxygen atoms in total. The van der Waals surface area contributed by atoms with Crippen molar-refractivity contribution < 1.29 is 22.8 Å². The zero-order chi connectivity index (χ0) is 18.7. The molecule has 2 amide bonds. The van der Waals surface area contributed by atoms with Crippen molar-refractivity contribution >= 4 is 6.03 Å². The smallest absolute Gasteiger partial charge is 0.387 e. The predicted octanol–water partition coefficient (Wildman–Crippen LogP) is 3.80. The molecule has 1 aliphatic rings. The van der Waals surface area contributed by atoms with Gasteiger partial charge in [0.1, 0.15) is 17.2 Å². The Hall–Kier alpha value is -2.64. The highest BCUT2D eigenvalue weighted by Gasteiger charge is 2.24. The maximum atomic E-state index is 12.5. The number of amides is 2. The van der Waals surface area contributed by atoms with E-state index in [-0.39, 0.29) is 17.8 Å². The molecule has 1 N–H and O–H groups in total. The minimum Gasteiger partial charge on any atom is -0.435 e. The second-order valence-electron chi connectivity index (χ2n) is 6.42. The number of rotatable bonds is 5. The minimum atomic E-state index is -2.85. The molecule has 0 saturated heterocycles. The zero-order valence-corrected chi connectivity index (χ0v) is 14.7. The van der Waals surface area contributed by atoms with Crippen LogP contribution in [0.1, 0.15) is 41.5 Å². The highest BCUT2D eigenvalue weighted by atomic mass is 19.3. The molecule has 26 heavy (non-hydrogen) atoms. The van der Waals surface area contributed by atoms with E-state index in [4.69, 9.17) is 4.52 Å². The maximum absolute atomic E-state index is 12.5. The summed E-state index contributed by atoms with van der Waals surface area (Å²) in [4.78, 5) is 14.0. The summed E-state index contributed by atoms with van der Waals surface area (Å²) in [5.41, 5.74) is 2.55. The van der Waals surface area contributed by atoms with Crippen LogP contribution in [0.4, 0.5) is 13.6 Å². The van der Waals surface area contributed by atoms with Crippen LogP contribution in [0.2, 0.25) is 0 Å². The van der Waals surface area contributed by atoms with Crippen LogP contribution in [0, 0.1) is 6.92 Å². The number of nitrogens with one attached hydrogen (secondary N) is 1. The number of halogens is 2. The first kappa shape index (κ1) is 18.2. The van der Waals surface area contributed by atoms with Crippen molar-refractivity contribution in [1.29, 1.82) is 0 Å². The molecule has 1 atom stereocenters. The third-order valence-electron chi connectivity index (χ3n) is 4.37. The monoisotopic (exact) mass is 365 g/mol. The summed E-state index contributed by atoms with van der Waals surface area (Å²) in [6.07, 6.45) is 2.43. The van der Waals surface area contributed by atoms with E-state index >= 15 is 0 Å². The molecule has 0 radical (unpaired) electrons. The number of hydrogen-bond donors (Lipinski definition) is 1. The third-order valence-corrected chi connectivity index (χ3v) is 4.37. The number of fused-ring (bicyclic) bond motifs is 1. The SMILES string of the molecule is Cc1cc(CN(C)C(=O)N[C@@H]2CCCc3cc(OC(F)F)ccc32)no1. The standard InChI is InChI=1S/C18H21F2N3O3/c1-11-8-13(22-26-11)10-23(2)18(24)21-16-5-3-4-12-9-14(25-17(19)20)6-7-15(12)16/h6-9,16-17H,3-5,10H2,1-2H3,(H,21,24)/t16-/m1/s1. The lowest BCUT2D eigenvalue weighted by atomic mass is 9.87. The van der Waals surface area contributed by atoms with Gasteiger partial charge in [0.25, 0.3) is 0 Å². The van der Waals surface area contributed by atoms with Gasteiger partial charge in [-0.2, -0.15) is 8.78 Å². The van der Waals surface area contributed by atoms with E-state index in [1.54, 1.807) is 32.2 Å². The number of benzene rings is 1. The summed E-state index contributed by atoms with van der Waals surface area (Å²) >= 11 is 0. The number of carbonyl (C=O) groups is 1. The van der Waals surface area contributed by atoms with Gasteiger partial charge < -0.3 is 19.5 Å². The predicted molar refractivity (Wildman–Crippen MR) is 90.0 cm³/mol. The summed E-state index contributed by atoms with van der Waals surface area (Å²) in [6, 6.07) is 6.28. The van der Waals surface area contributed by atoms with Crippen molar-refractivity contribution in [2.24, 2.45) is 0 Å². The van der Waals surface area contributed by atoms with E-state index in [0.717, 1.165) is 30.4 Å². The Morgan fingerprint density at radius 2 is 2.27 bits per heavy atom. The highest BCUT2D eigenvalue weighted by Crippen LogP contribution is 2.32. The van der Waals surface area contributed by atoms with Crippen molar-refractivity contribution in [1.82, 2.24) is 15.4 Å². The van der Waals surface area contributed by atoms with Gasteiger partial charge in [-0.05, 0) is 49.4 Å². The van der Waals surface area contributed by atoms with Crippen LogP contribution in [-0.4, -0.2) is 29.7 Å². The quantitative estimate of drug-likeness (QED) is 0.875. The first-order valence-electron chi connectivity index (χ1n) is 8.44. The number of aryl methyl sites for hydroxylation is 2. The minimum absolute atomic E-state index is 0.143. The molecular weight excluding hydrogens is 344 g/mol. The Morgan fingerprint density at radius 3 is 2.96 bits per heavy atom. The number of carbonyl (C=O) groups excluding carboxylic acids is 1. The molecule has 140 valence electrons. The van der Waals surface area contributed by atoms with Crippen LogP contribution in [0.3, 0.4) is 0 Å². The van der Waals surface area contributed by atoms with Gasteiger partial charge in [0.05, 0.1) is 12.6 Å². The Labute approximate surface area is 150 Å². The molecule has 0 fully saturated rings. The second-order valence-corrected chi connectivity index (χ2v) is 6.42. The van der Waals surface area contributed by atoms with Crippen molar-refractivity contribution in [3.8, 4) is 5.75 Å². The Morgan fingerprint density at radius 1 is 1.46 bits per heavy atom. The van der Waals surface area contributed by atoms with Crippen molar-refractivity contribution in [3.63, 3.8) is 0 Å². The third kappa shape index (κ3) is 4.30. The molecule has 0 bridgehead atoms. The second kappa shape index (κ2) is 7.72. The van der Waals surface area contributed by atoms with Gasteiger partial charge in [-0.25, -0.2) is 4.79 Å². The Balaban J connectivity index is 1.66. The molecule has 1 heterocycles. The van der Waals surface area contributed by atoms with Gasteiger partial charge in [0.15, 0.2) is 0 Å². The lowest BCUT2D eigenvalue weighted by Gasteiger charge is -2.28. The summed E-state index contributed by atoms with van der Waals surface area (Å²) in [5, 5.41) is 6.88. The molecule has 1 aromatic heterocycles. The normalized spacial score (nSPS) is 16.3. The van der Waals surface area contributed by atoms with Gasteiger partial charge in [-0.1, -0.05) is 11.2 Å². The maximum Gasteiger partial charge on any atom is 0.387 e. The summed E-state index contributed by atoms with van der Waals surface area (Å²) < 4.78 is 34.2. The van der Waals surface area contributed by atoms with E-state index in [2.05, 4.69) is 15.2 Å². The fourth-order valence-corrected chi connectivity index (χ4v) is 3.18. The van der Waals surface area contributed by atoms with E-state index in [1.165, 1.54) is 11.0 Å². The van der Waals surface area contributed by atoms with Crippen LogP contribution in [0.25, 0.3) is 0 Å². The van der Waals surface area contributed by atoms with Gasteiger partial charge in [0.2, 0.25) is 0 Å². The zero-order valence-electron chi connectivity index (χ0n) is 14.7. The lowest BCUT2D eigenvalue weighted by Crippen LogP contribution is -2.40. The summed E-state index contributed by atoms with van der Waals surface area (Å²) in [6.45, 7) is -0.716. The van der Waals surface area contributed by atoms with E-state index in [9.17, 15) is 13.6 Å². The van der Waals surface area contributed by atoms with Gasteiger partial charge in [-0.15, -0.1) is 0 Å². The summed E-state index contributed by atoms with van der Waals surface area (Å²) in [7, 11) is 1.68. The Kier molecular flexibility index (Phi) is 5.39. The van der Waals surface area contributed by atoms with E-state index < -0.39 is 6.61 Å². The number of aromatic nitrogens is 1. The molecule has 2 aromatic rings. The van der Waals surface area contributed by atoms with Crippen molar-refractivity contribution in [3.05, 3.63) is 46.8 Å². The number of ether oxygens (including phenoxy) is 1. The van der Waals surface area contributed by atoms with E-state index in [1.807, 2.05) is 0 Å². The molecule has 1 aromatic carbocycles. The molecule has 0 spiro atoms. The highest BCUT2D eigenvalue weighted by molar-refractivity contribution is 5.74. The fraction of sp³-hybridized carbons (Fsp3) is 0.444. The van der Waals surface area contributed by atoms with Crippen molar-refractivity contribution in [2.45, 2.75) is 45.4 Å². The van der Waals surface area contributed by atoms with Crippen LogP contribution in [-0.2, 0) is 13.0 Å². The molecular formula is C18H21F2N3O3. The van der Waals surface area contributed by atoms with E-state index in [0.29, 0.717) is 18.0 Å². The fourth-order valence-electron chi connectivity index (χ4n) is 3.18. The number of alkyl halides is 2. The van der Waals surface area contributed by atoms with Gasteiger partial charge in [0, 0.05) is 13.1 Å². The molecule has 1 aliphatic carbocycles. The first-order valence-corrected chi connectivity index (χ1v) is 8.44. The molecule has 3 rings (SSSR count). The van der Waals surface area contributed by atoms with Gasteiger partial charge in [-0.3, -0.25) is 0 Å². The Bertz CT molecular complexity index is 779. The lowest BCUT2D eigenvalue weighted by molar-refractivity contribution is -0.0499. The number of hydrogen-bond acceptors (Lipinski definition) is 4. The molecule has 0 aliphatic heterocycles. The average molecular weight is 365 g/mol. The first-order chi connectivity index (χ1) is 12.4. The number of urea groups is 1. The van der Waals surface area contributed by atoms with Crippen LogP contribution in [0.5, 0.6) is 5.75 Å². The number of nitrogens with zero attached hydrogens (tertiary/aromatic N) is 2. The van der Waals surface area contributed by atoms with Crippen LogP contribution >= 0.6 is 0 Å². The molecule has 0 saturated carbocycles. The molecule has 8 heteroatoms. The van der Waals surface area contributed by atoms with Crippen molar-refractivity contribution in [2.75, 3.05) is 7.05 Å². The topological polar surface area (TPSA) is 67.6 Å². The molecule has 0 unspecified atom stereocenters. The average Bonchev–Trinajstić information content (AvgIpc) is 2.99. The largest absolute Gasteiger partial charge is 0.435 e. The van der Waals surface area contributed by atoms with Crippen LogP contribution < -0.4 is 10.1 Å². The summed E-state index contributed by atoms with van der Waals surface area (Å²) in [5.74, 6) is 0.834. The van der Waals surface area contributed by atoms with Gasteiger partial charge >= 0.3 is 12.6 Å². The van der Waals surface area contributed by atoms with Crippen LogP contribution in [0.15, 0.2) is 28.8 Å².